The highest BCUT2D eigenvalue weighted by atomic mass is 16.7. The molecule has 9 atom stereocenters. The zero-order valence-corrected chi connectivity index (χ0v) is 18.1. The summed E-state index contributed by atoms with van der Waals surface area (Å²) in [6, 6.07) is 0. The van der Waals surface area contributed by atoms with Crippen LogP contribution in [0.2, 0.25) is 0 Å². The van der Waals surface area contributed by atoms with Crippen LogP contribution in [-0.4, -0.2) is 53.5 Å². The maximum absolute atomic E-state index is 11.9. The normalized spacial score (nSPS) is 56.7. The van der Waals surface area contributed by atoms with E-state index in [4.69, 9.17) is 14.2 Å². The van der Waals surface area contributed by atoms with Gasteiger partial charge in [0, 0.05) is 25.5 Å². The van der Waals surface area contributed by atoms with Crippen LogP contribution < -0.4 is 0 Å². The number of aliphatic hydroxyl groups is 2. The predicted molar refractivity (Wildman–Crippen MR) is 107 cm³/mol. The number of aliphatic hydroxyl groups excluding tert-OH is 1. The number of ether oxygens (including phenoxy) is 3. The average molecular weight is 419 g/mol. The van der Waals surface area contributed by atoms with Gasteiger partial charge in [0.1, 0.15) is 6.61 Å². The third-order valence-corrected chi connectivity index (χ3v) is 10.5. The molecule has 6 nitrogen and oxygen atoms in total. The first-order valence-corrected chi connectivity index (χ1v) is 11.8. The van der Waals surface area contributed by atoms with Gasteiger partial charge in [0.2, 0.25) is 0 Å². The molecule has 5 fully saturated rings. The molecule has 166 valence electrons. The Morgan fingerprint density at radius 1 is 1.10 bits per heavy atom. The Bertz CT molecular complexity index is 810. The Kier molecular flexibility index (Phi) is 4.00. The van der Waals surface area contributed by atoms with Crippen LogP contribution in [0.3, 0.4) is 0 Å². The summed E-state index contributed by atoms with van der Waals surface area (Å²) in [5.41, 5.74) is -0.394. The Morgan fingerprint density at radius 2 is 1.93 bits per heavy atom. The van der Waals surface area contributed by atoms with E-state index in [1.54, 1.807) is 13.2 Å². The van der Waals surface area contributed by atoms with E-state index >= 15 is 0 Å². The van der Waals surface area contributed by atoms with Gasteiger partial charge in [-0.05, 0) is 74.2 Å². The predicted octanol–water partition coefficient (Wildman–Crippen LogP) is 2.71. The Hall–Kier alpha value is -0.950. The van der Waals surface area contributed by atoms with Gasteiger partial charge in [-0.1, -0.05) is 6.92 Å². The molecule has 4 aliphatic carbocycles. The number of esters is 1. The molecule has 2 aliphatic heterocycles. The molecule has 6 aliphatic rings. The summed E-state index contributed by atoms with van der Waals surface area (Å²) in [5.74, 6) is 0.801. The van der Waals surface area contributed by atoms with Gasteiger partial charge in [-0.2, -0.15) is 0 Å². The first-order chi connectivity index (χ1) is 14.3. The van der Waals surface area contributed by atoms with E-state index < -0.39 is 23.4 Å². The number of rotatable bonds is 2. The first kappa shape index (κ1) is 19.7. The van der Waals surface area contributed by atoms with E-state index in [2.05, 4.69) is 6.92 Å². The average Bonchev–Trinajstić information content (AvgIpc) is 3.34. The number of cyclic esters (lactones) is 1. The quantitative estimate of drug-likeness (QED) is 0.671. The van der Waals surface area contributed by atoms with Crippen LogP contribution in [-0.2, 0) is 19.0 Å². The summed E-state index contributed by atoms with van der Waals surface area (Å²) >= 11 is 0. The molecule has 1 saturated heterocycles. The van der Waals surface area contributed by atoms with Crippen LogP contribution in [0.5, 0.6) is 0 Å². The maximum atomic E-state index is 11.9. The minimum absolute atomic E-state index is 0.0732. The summed E-state index contributed by atoms with van der Waals surface area (Å²) in [4.78, 5) is 11.7. The highest BCUT2D eigenvalue weighted by Crippen LogP contribution is 2.76. The molecular weight excluding hydrogens is 384 g/mol. The summed E-state index contributed by atoms with van der Waals surface area (Å²) in [7, 11) is 1.71. The van der Waals surface area contributed by atoms with E-state index in [0.29, 0.717) is 37.7 Å². The van der Waals surface area contributed by atoms with E-state index in [1.165, 1.54) is 0 Å². The van der Waals surface area contributed by atoms with Crippen molar-refractivity contribution in [3.63, 3.8) is 0 Å². The lowest BCUT2D eigenvalue weighted by molar-refractivity contribution is -0.239. The molecule has 0 aromatic heterocycles. The molecular formula is C24H34O6. The van der Waals surface area contributed by atoms with Gasteiger partial charge < -0.3 is 24.4 Å². The zero-order valence-electron chi connectivity index (χ0n) is 18.1. The molecule has 0 aromatic carbocycles. The van der Waals surface area contributed by atoms with Gasteiger partial charge >= 0.3 is 5.97 Å². The topological polar surface area (TPSA) is 85.2 Å². The number of carbonyl (C=O) groups is 1. The molecule has 0 aromatic rings. The van der Waals surface area contributed by atoms with E-state index in [9.17, 15) is 15.0 Å². The summed E-state index contributed by atoms with van der Waals surface area (Å²) in [5, 5.41) is 22.2. The molecule has 2 bridgehead atoms. The van der Waals surface area contributed by atoms with Gasteiger partial charge in [-0.15, -0.1) is 0 Å². The number of methoxy groups -OCH3 is 1. The number of carbonyl (C=O) groups excluding carboxylic acids is 1. The molecule has 30 heavy (non-hydrogen) atoms. The van der Waals surface area contributed by atoms with E-state index in [1.807, 2.05) is 0 Å². The number of fused-ring (bicyclic) bond motifs is 1. The molecule has 6 heteroatoms. The maximum Gasteiger partial charge on any atom is 0.331 e. The van der Waals surface area contributed by atoms with Crippen LogP contribution in [0.1, 0.15) is 64.7 Å². The summed E-state index contributed by atoms with van der Waals surface area (Å²) < 4.78 is 18.1. The zero-order chi connectivity index (χ0) is 20.9. The fraction of sp³-hybridized carbons (Fsp3) is 0.875. The Labute approximate surface area is 177 Å². The van der Waals surface area contributed by atoms with Gasteiger partial charge in [0.25, 0.3) is 0 Å². The van der Waals surface area contributed by atoms with Crippen molar-refractivity contribution in [3.8, 4) is 0 Å². The molecule has 4 saturated carbocycles. The smallest absolute Gasteiger partial charge is 0.331 e. The van der Waals surface area contributed by atoms with E-state index in [-0.39, 0.29) is 22.9 Å². The largest absolute Gasteiger partial charge is 0.458 e. The number of hydrogen-bond acceptors (Lipinski definition) is 6. The first-order valence-electron chi connectivity index (χ1n) is 11.8. The molecule has 0 amide bonds. The molecule has 2 N–H and O–H groups in total. The van der Waals surface area contributed by atoms with Crippen LogP contribution in [0, 0.1) is 28.6 Å². The fourth-order valence-electron chi connectivity index (χ4n) is 9.41. The van der Waals surface area contributed by atoms with Gasteiger partial charge in [0.05, 0.1) is 22.7 Å². The Morgan fingerprint density at radius 3 is 2.67 bits per heavy atom. The molecule has 0 radical (unpaired) electrons. The lowest BCUT2D eigenvalue weighted by atomic mass is 9.42. The lowest BCUT2D eigenvalue weighted by Crippen LogP contribution is -2.67. The third kappa shape index (κ3) is 2.12. The second kappa shape index (κ2) is 6.09. The number of hydrogen-bond donors (Lipinski definition) is 2. The minimum atomic E-state index is -0.921. The Balaban J connectivity index is 1.42. The van der Waals surface area contributed by atoms with Crippen LogP contribution in [0.4, 0.5) is 0 Å². The van der Waals surface area contributed by atoms with Crippen molar-refractivity contribution in [2.45, 2.75) is 88.3 Å². The van der Waals surface area contributed by atoms with Crippen LogP contribution in [0.25, 0.3) is 0 Å². The standard InChI is InChI=1S/C24H34O6/c1-21-7-6-18-23-8-5-15(25)12-22(23,27)9-10-24(18,30-20(23)28-2)17(21)4-3-16(21)14-11-19(26)29-13-14/h11,15-18,20,25,27H,3-10,12-13H2,1-2H3/t15-,16-,17-,18-,20+,21+,22+,23-,24-/m0/s1. The van der Waals surface area contributed by atoms with Crippen molar-refractivity contribution in [1.82, 2.24) is 0 Å². The highest BCUT2D eigenvalue weighted by Gasteiger charge is 2.79. The molecule has 0 unspecified atom stereocenters. The van der Waals surface area contributed by atoms with Crippen molar-refractivity contribution in [3.05, 3.63) is 11.6 Å². The second-order valence-electron chi connectivity index (χ2n) is 11.2. The van der Waals surface area contributed by atoms with Gasteiger partial charge in [-0.25, -0.2) is 4.79 Å². The second-order valence-corrected chi connectivity index (χ2v) is 11.2. The summed E-state index contributed by atoms with van der Waals surface area (Å²) in [6.07, 6.45) is 8.47. The van der Waals surface area contributed by atoms with Crippen molar-refractivity contribution >= 4 is 5.97 Å². The fourth-order valence-corrected chi connectivity index (χ4v) is 9.41. The molecule has 6 rings (SSSR count). The van der Waals surface area contributed by atoms with Crippen molar-refractivity contribution < 1.29 is 29.2 Å². The molecule has 1 spiro atoms. The van der Waals surface area contributed by atoms with Crippen molar-refractivity contribution in [2.24, 2.45) is 28.6 Å². The highest BCUT2D eigenvalue weighted by molar-refractivity contribution is 5.85. The van der Waals surface area contributed by atoms with Crippen LogP contribution in [0.15, 0.2) is 11.6 Å². The van der Waals surface area contributed by atoms with Crippen molar-refractivity contribution in [1.29, 1.82) is 0 Å². The monoisotopic (exact) mass is 418 g/mol. The van der Waals surface area contributed by atoms with E-state index in [0.717, 1.165) is 44.1 Å². The third-order valence-electron chi connectivity index (χ3n) is 10.5. The summed E-state index contributed by atoms with van der Waals surface area (Å²) in [6.45, 7) is 2.83. The lowest BCUT2D eigenvalue weighted by Gasteiger charge is -2.63. The van der Waals surface area contributed by atoms with Gasteiger partial charge in [-0.3, -0.25) is 0 Å². The molecule has 2 heterocycles. The van der Waals surface area contributed by atoms with Gasteiger partial charge in [0.15, 0.2) is 6.29 Å². The minimum Gasteiger partial charge on any atom is -0.458 e. The van der Waals surface area contributed by atoms with Crippen molar-refractivity contribution in [2.75, 3.05) is 13.7 Å². The van der Waals surface area contributed by atoms with Crippen LogP contribution >= 0.6 is 0 Å². The SMILES string of the molecule is CO[C@@H]1O[C@]23CC[C@@]4(O)C[C@@H](O)CC[C@]14[C@@H]2CC[C@]1(C)[C@H](C2=CC(=O)OC2)CC[C@@H]13.